The number of hydrogen-bond acceptors (Lipinski definition) is 5. The average molecular weight is 264 g/mol. The minimum atomic E-state index is -0.217. The van der Waals surface area contributed by atoms with Crippen LogP contribution in [0.4, 0.5) is 0 Å². The highest BCUT2D eigenvalue weighted by atomic mass is 16.5. The molecule has 5 heteroatoms. The van der Waals surface area contributed by atoms with Crippen molar-refractivity contribution < 1.29 is 14.3 Å². The van der Waals surface area contributed by atoms with Gasteiger partial charge in [0.15, 0.2) is 0 Å². The Morgan fingerprint density at radius 1 is 1.21 bits per heavy atom. The summed E-state index contributed by atoms with van der Waals surface area (Å²) in [4.78, 5) is 13.9. The van der Waals surface area contributed by atoms with Gasteiger partial charge in [-0.25, -0.2) is 0 Å². The lowest BCUT2D eigenvalue weighted by atomic mass is 10.3. The Labute approximate surface area is 113 Å². The first-order valence-corrected chi connectivity index (χ1v) is 6.64. The van der Waals surface area contributed by atoms with Gasteiger partial charge in [0.05, 0.1) is 13.2 Å². The molecule has 0 saturated carbocycles. The van der Waals surface area contributed by atoms with E-state index in [0.29, 0.717) is 18.9 Å². The van der Waals surface area contributed by atoms with Gasteiger partial charge in [0.25, 0.3) is 0 Å². The van der Waals surface area contributed by atoms with E-state index >= 15 is 0 Å². The van der Waals surface area contributed by atoms with Crippen molar-refractivity contribution in [3.05, 3.63) is 24.3 Å². The fraction of sp³-hybridized carbons (Fsp3) is 0.500. The number of benzene rings is 1. The summed E-state index contributed by atoms with van der Waals surface area (Å²) in [5, 5.41) is 3.25. The molecule has 1 heterocycles. The van der Waals surface area contributed by atoms with E-state index in [4.69, 9.17) is 9.47 Å². The second kappa shape index (κ2) is 7.11. The minimum Gasteiger partial charge on any atom is -0.494 e. The molecule has 1 aliphatic heterocycles. The van der Waals surface area contributed by atoms with Gasteiger partial charge in [-0.3, -0.25) is 9.69 Å². The maximum Gasteiger partial charge on any atom is 0.325 e. The minimum absolute atomic E-state index is 0.217. The second-order valence-corrected chi connectivity index (χ2v) is 4.40. The van der Waals surface area contributed by atoms with E-state index in [-0.39, 0.29) is 5.97 Å². The van der Waals surface area contributed by atoms with Crippen LogP contribution in [0.25, 0.3) is 0 Å². The topological polar surface area (TPSA) is 50.8 Å². The fourth-order valence-corrected chi connectivity index (χ4v) is 1.99. The van der Waals surface area contributed by atoms with Crippen molar-refractivity contribution in [1.29, 1.82) is 0 Å². The van der Waals surface area contributed by atoms with Gasteiger partial charge >= 0.3 is 5.97 Å². The van der Waals surface area contributed by atoms with Crippen LogP contribution in [-0.2, 0) is 4.79 Å². The Morgan fingerprint density at radius 2 is 1.84 bits per heavy atom. The molecule has 0 unspecified atom stereocenters. The first-order valence-electron chi connectivity index (χ1n) is 6.64. The van der Waals surface area contributed by atoms with Gasteiger partial charge in [0, 0.05) is 26.2 Å². The molecule has 19 heavy (non-hydrogen) atoms. The number of nitrogens with zero attached hydrogens (tertiary/aromatic N) is 1. The summed E-state index contributed by atoms with van der Waals surface area (Å²) < 4.78 is 10.6. The van der Waals surface area contributed by atoms with Gasteiger partial charge in [-0.2, -0.15) is 0 Å². The third kappa shape index (κ3) is 4.54. The highest BCUT2D eigenvalue weighted by molar-refractivity contribution is 5.74. The lowest BCUT2D eigenvalue weighted by molar-refractivity contribution is -0.135. The number of carbonyl (C=O) groups excluding carboxylic acids is 1. The van der Waals surface area contributed by atoms with E-state index in [1.165, 1.54) is 0 Å². The Morgan fingerprint density at radius 3 is 2.47 bits per heavy atom. The first-order chi connectivity index (χ1) is 9.28. The Hall–Kier alpha value is -1.59. The molecule has 2 rings (SSSR count). The van der Waals surface area contributed by atoms with Crippen molar-refractivity contribution in [3.63, 3.8) is 0 Å². The number of piperazine rings is 1. The van der Waals surface area contributed by atoms with Crippen LogP contribution in [0.5, 0.6) is 11.5 Å². The van der Waals surface area contributed by atoms with Crippen molar-refractivity contribution in [2.75, 3.05) is 39.3 Å². The molecular formula is C14H20N2O3. The Bertz CT molecular complexity index is 400. The van der Waals surface area contributed by atoms with Crippen LogP contribution >= 0.6 is 0 Å². The SMILES string of the molecule is CCOc1ccc(OC(=O)CN2CCNCC2)cc1. The zero-order valence-electron chi connectivity index (χ0n) is 11.2. The Kier molecular flexibility index (Phi) is 5.18. The molecule has 0 spiro atoms. The van der Waals surface area contributed by atoms with Crippen LogP contribution in [-0.4, -0.2) is 50.2 Å². The lowest BCUT2D eigenvalue weighted by Gasteiger charge is -2.25. The van der Waals surface area contributed by atoms with Gasteiger partial charge in [-0.1, -0.05) is 0 Å². The van der Waals surface area contributed by atoms with Gasteiger partial charge in [-0.15, -0.1) is 0 Å². The maximum atomic E-state index is 11.8. The van der Waals surface area contributed by atoms with Crippen LogP contribution in [0.2, 0.25) is 0 Å². The summed E-state index contributed by atoms with van der Waals surface area (Å²) in [6.07, 6.45) is 0. The molecule has 0 aromatic heterocycles. The second-order valence-electron chi connectivity index (χ2n) is 4.40. The molecular weight excluding hydrogens is 244 g/mol. The highest BCUT2D eigenvalue weighted by Crippen LogP contribution is 2.17. The maximum absolute atomic E-state index is 11.8. The number of esters is 1. The summed E-state index contributed by atoms with van der Waals surface area (Å²) in [7, 11) is 0. The number of rotatable bonds is 5. The fourth-order valence-electron chi connectivity index (χ4n) is 1.99. The number of ether oxygens (including phenoxy) is 2. The molecule has 1 fully saturated rings. The van der Waals surface area contributed by atoms with Crippen molar-refractivity contribution in [2.24, 2.45) is 0 Å². The van der Waals surface area contributed by atoms with Gasteiger partial charge < -0.3 is 14.8 Å². The first kappa shape index (κ1) is 13.8. The molecule has 0 amide bonds. The molecule has 104 valence electrons. The largest absolute Gasteiger partial charge is 0.494 e. The normalized spacial score (nSPS) is 16.1. The molecule has 0 atom stereocenters. The van der Waals surface area contributed by atoms with E-state index in [2.05, 4.69) is 10.2 Å². The van der Waals surface area contributed by atoms with Gasteiger partial charge in [0.2, 0.25) is 0 Å². The van der Waals surface area contributed by atoms with E-state index in [0.717, 1.165) is 31.9 Å². The van der Waals surface area contributed by atoms with Crippen molar-refractivity contribution in [2.45, 2.75) is 6.92 Å². The molecule has 1 aromatic carbocycles. The van der Waals surface area contributed by atoms with Crippen molar-refractivity contribution in [1.82, 2.24) is 10.2 Å². The molecule has 1 saturated heterocycles. The predicted octanol–water partition coefficient (Wildman–Crippen LogP) is 0.896. The molecule has 1 aliphatic rings. The van der Waals surface area contributed by atoms with Crippen molar-refractivity contribution >= 4 is 5.97 Å². The standard InChI is InChI=1S/C14H20N2O3/c1-2-18-12-3-5-13(6-4-12)19-14(17)11-16-9-7-15-8-10-16/h3-6,15H,2,7-11H2,1H3. The third-order valence-electron chi connectivity index (χ3n) is 2.93. The van der Waals surface area contributed by atoms with E-state index in [1.54, 1.807) is 24.3 Å². The predicted molar refractivity (Wildman–Crippen MR) is 72.6 cm³/mol. The summed E-state index contributed by atoms with van der Waals surface area (Å²) >= 11 is 0. The zero-order chi connectivity index (χ0) is 13.5. The molecule has 1 N–H and O–H groups in total. The summed E-state index contributed by atoms with van der Waals surface area (Å²) in [5.41, 5.74) is 0. The Balaban J connectivity index is 1.80. The monoisotopic (exact) mass is 264 g/mol. The number of nitrogens with one attached hydrogen (secondary N) is 1. The average Bonchev–Trinajstić information content (AvgIpc) is 2.42. The van der Waals surface area contributed by atoms with Crippen LogP contribution in [0, 0.1) is 0 Å². The molecule has 5 nitrogen and oxygen atoms in total. The van der Waals surface area contributed by atoms with Crippen LogP contribution in [0.15, 0.2) is 24.3 Å². The molecule has 0 radical (unpaired) electrons. The van der Waals surface area contributed by atoms with Crippen molar-refractivity contribution in [3.8, 4) is 11.5 Å². The quantitative estimate of drug-likeness (QED) is 0.632. The van der Waals surface area contributed by atoms with Crippen LogP contribution < -0.4 is 14.8 Å². The molecule has 0 aliphatic carbocycles. The number of hydrogen-bond donors (Lipinski definition) is 1. The van der Waals surface area contributed by atoms with E-state index in [1.807, 2.05) is 6.92 Å². The number of carbonyl (C=O) groups is 1. The highest BCUT2D eigenvalue weighted by Gasteiger charge is 2.14. The molecule has 0 bridgehead atoms. The molecule has 1 aromatic rings. The van der Waals surface area contributed by atoms with Gasteiger partial charge in [-0.05, 0) is 31.2 Å². The van der Waals surface area contributed by atoms with Gasteiger partial charge in [0.1, 0.15) is 11.5 Å². The summed E-state index contributed by atoms with van der Waals surface area (Å²) in [6.45, 7) is 6.53. The van der Waals surface area contributed by atoms with E-state index < -0.39 is 0 Å². The van der Waals surface area contributed by atoms with E-state index in [9.17, 15) is 4.79 Å². The summed E-state index contributed by atoms with van der Waals surface area (Å²) in [6, 6.07) is 7.11. The summed E-state index contributed by atoms with van der Waals surface area (Å²) in [5.74, 6) is 1.12. The smallest absolute Gasteiger partial charge is 0.325 e. The lowest BCUT2D eigenvalue weighted by Crippen LogP contribution is -2.46. The van der Waals surface area contributed by atoms with Crippen LogP contribution in [0.3, 0.4) is 0 Å². The zero-order valence-corrected chi connectivity index (χ0v) is 11.2. The third-order valence-corrected chi connectivity index (χ3v) is 2.93. The van der Waals surface area contributed by atoms with Crippen LogP contribution in [0.1, 0.15) is 6.92 Å².